The van der Waals surface area contributed by atoms with Gasteiger partial charge in [-0.3, -0.25) is 4.79 Å². The Labute approximate surface area is 146 Å². The van der Waals surface area contributed by atoms with E-state index in [1.165, 1.54) is 11.8 Å². The summed E-state index contributed by atoms with van der Waals surface area (Å²) in [6.07, 6.45) is 1.57. The van der Waals surface area contributed by atoms with Crippen LogP contribution in [0.5, 0.6) is 11.5 Å². The van der Waals surface area contributed by atoms with E-state index >= 15 is 0 Å². The third-order valence-electron chi connectivity index (χ3n) is 3.41. The molecule has 1 aliphatic rings. The first-order chi connectivity index (χ1) is 12.3. The number of aromatic nitrogens is 4. The fourth-order valence-corrected chi connectivity index (χ4v) is 2.95. The lowest BCUT2D eigenvalue weighted by atomic mass is 10.3. The molecule has 25 heavy (non-hydrogen) atoms. The van der Waals surface area contributed by atoms with E-state index in [0.717, 1.165) is 5.69 Å². The SMILES string of the molecule is O=C(CSc1nnnn1-c1ccc2c(c1)OCO2)NCc1ccco1. The van der Waals surface area contributed by atoms with Crippen LogP contribution in [0.4, 0.5) is 0 Å². The topological polar surface area (TPSA) is 104 Å². The molecule has 0 bridgehead atoms. The molecular formula is C15H13N5O4S. The second kappa shape index (κ2) is 6.85. The third-order valence-corrected chi connectivity index (χ3v) is 4.33. The Morgan fingerprint density at radius 1 is 1.28 bits per heavy atom. The Morgan fingerprint density at radius 3 is 3.08 bits per heavy atom. The van der Waals surface area contributed by atoms with Crippen LogP contribution in [0, 0.1) is 0 Å². The molecule has 4 rings (SSSR count). The predicted octanol–water partition coefficient (Wildman–Crippen LogP) is 1.39. The number of hydrogen-bond donors (Lipinski definition) is 1. The van der Waals surface area contributed by atoms with Gasteiger partial charge in [0, 0.05) is 6.07 Å². The standard InChI is InChI=1S/C15H13N5O4S/c21-14(16-7-11-2-1-5-22-11)8-25-15-17-18-19-20(15)10-3-4-12-13(6-10)24-9-23-12/h1-6H,7-9H2,(H,16,21). The van der Waals surface area contributed by atoms with Gasteiger partial charge in [0.25, 0.3) is 0 Å². The van der Waals surface area contributed by atoms with Gasteiger partial charge in [-0.15, -0.1) is 5.10 Å². The summed E-state index contributed by atoms with van der Waals surface area (Å²) in [6, 6.07) is 8.98. The lowest BCUT2D eigenvalue weighted by Crippen LogP contribution is -2.24. The molecule has 9 nitrogen and oxygen atoms in total. The van der Waals surface area contributed by atoms with Gasteiger partial charge >= 0.3 is 0 Å². The van der Waals surface area contributed by atoms with Crippen molar-refractivity contribution in [3.63, 3.8) is 0 Å². The minimum Gasteiger partial charge on any atom is -0.467 e. The Hall–Kier alpha value is -3.01. The molecule has 2 aromatic heterocycles. The summed E-state index contributed by atoms with van der Waals surface area (Å²) in [6.45, 7) is 0.547. The molecule has 128 valence electrons. The second-order valence-electron chi connectivity index (χ2n) is 5.06. The van der Waals surface area contributed by atoms with E-state index in [1.54, 1.807) is 35.2 Å². The van der Waals surface area contributed by atoms with Crippen molar-refractivity contribution in [2.45, 2.75) is 11.7 Å². The molecule has 3 heterocycles. The number of furan rings is 1. The monoisotopic (exact) mass is 359 g/mol. The minimum absolute atomic E-state index is 0.137. The number of rotatable bonds is 6. The van der Waals surface area contributed by atoms with Gasteiger partial charge in [0.1, 0.15) is 5.76 Å². The molecule has 1 N–H and O–H groups in total. The first-order valence-corrected chi connectivity index (χ1v) is 8.38. The van der Waals surface area contributed by atoms with Crippen LogP contribution in [0.25, 0.3) is 5.69 Å². The van der Waals surface area contributed by atoms with Gasteiger partial charge in [0.15, 0.2) is 11.5 Å². The summed E-state index contributed by atoms with van der Waals surface area (Å²) < 4.78 is 17.4. The van der Waals surface area contributed by atoms with Crippen molar-refractivity contribution in [2.24, 2.45) is 0 Å². The van der Waals surface area contributed by atoms with E-state index in [2.05, 4.69) is 20.8 Å². The number of nitrogens with zero attached hydrogens (tertiary/aromatic N) is 4. The van der Waals surface area contributed by atoms with E-state index in [1.807, 2.05) is 6.07 Å². The fraction of sp³-hybridized carbons (Fsp3) is 0.200. The summed E-state index contributed by atoms with van der Waals surface area (Å²) in [5.74, 6) is 2.07. The molecule has 1 amide bonds. The van der Waals surface area contributed by atoms with E-state index in [0.29, 0.717) is 29.0 Å². The quantitative estimate of drug-likeness (QED) is 0.659. The number of amides is 1. The molecule has 0 saturated heterocycles. The number of carbonyl (C=O) groups excluding carboxylic acids is 1. The van der Waals surface area contributed by atoms with Crippen LogP contribution in [-0.2, 0) is 11.3 Å². The van der Waals surface area contributed by atoms with E-state index in [-0.39, 0.29) is 18.5 Å². The van der Waals surface area contributed by atoms with Crippen molar-refractivity contribution in [3.05, 3.63) is 42.4 Å². The second-order valence-corrected chi connectivity index (χ2v) is 6.00. The number of carbonyl (C=O) groups is 1. The Morgan fingerprint density at radius 2 is 2.20 bits per heavy atom. The number of nitrogens with one attached hydrogen (secondary N) is 1. The zero-order chi connectivity index (χ0) is 17.1. The Balaban J connectivity index is 1.39. The van der Waals surface area contributed by atoms with Crippen molar-refractivity contribution in [2.75, 3.05) is 12.5 Å². The van der Waals surface area contributed by atoms with Crippen molar-refractivity contribution < 1.29 is 18.7 Å². The van der Waals surface area contributed by atoms with Gasteiger partial charge in [0.05, 0.1) is 24.2 Å². The summed E-state index contributed by atoms with van der Waals surface area (Å²) in [5, 5.41) is 14.9. The summed E-state index contributed by atoms with van der Waals surface area (Å²) in [4.78, 5) is 11.9. The molecule has 1 aliphatic heterocycles. The fourth-order valence-electron chi connectivity index (χ4n) is 2.23. The first-order valence-electron chi connectivity index (χ1n) is 7.40. The van der Waals surface area contributed by atoms with Crippen LogP contribution in [-0.4, -0.2) is 38.7 Å². The molecule has 0 atom stereocenters. The Kier molecular flexibility index (Phi) is 4.25. The maximum absolute atomic E-state index is 11.9. The van der Waals surface area contributed by atoms with Gasteiger partial charge in [0.2, 0.25) is 17.9 Å². The average Bonchev–Trinajstić information content (AvgIpc) is 3.38. The van der Waals surface area contributed by atoms with E-state index in [4.69, 9.17) is 13.9 Å². The van der Waals surface area contributed by atoms with E-state index < -0.39 is 0 Å². The number of benzene rings is 1. The van der Waals surface area contributed by atoms with Crippen LogP contribution in [0.15, 0.2) is 46.2 Å². The molecule has 0 aliphatic carbocycles. The highest BCUT2D eigenvalue weighted by Gasteiger charge is 2.17. The normalized spacial score (nSPS) is 12.3. The molecule has 10 heteroatoms. The van der Waals surface area contributed by atoms with Gasteiger partial charge in [-0.05, 0) is 34.7 Å². The highest BCUT2D eigenvalue weighted by atomic mass is 32.2. The minimum atomic E-state index is -0.137. The van der Waals surface area contributed by atoms with Crippen LogP contribution in [0.1, 0.15) is 5.76 Å². The molecule has 0 radical (unpaired) electrons. The number of ether oxygens (including phenoxy) is 2. The summed E-state index contributed by atoms with van der Waals surface area (Å²) in [7, 11) is 0. The lowest BCUT2D eigenvalue weighted by Gasteiger charge is -2.06. The highest BCUT2D eigenvalue weighted by Crippen LogP contribution is 2.34. The van der Waals surface area contributed by atoms with Crippen LogP contribution < -0.4 is 14.8 Å². The molecule has 0 unspecified atom stereocenters. The van der Waals surface area contributed by atoms with Crippen molar-refractivity contribution in [1.29, 1.82) is 0 Å². The van der Waals surface area contributed by atoms with Crippen LogP contribution in [0.2, 0.25) is 0 Å². The molecule has 0 fully saturated rings. The van der Waals surface area contributed by atoms with E-state index in [9.17, 15) is 4.79 Å². The van der Waals surface area contributed by atoms with Crippen molar-refractivity contribution in [3.8, 4) is 17.2 Å². The molecule has 3 aromatic rings. The third kappa shape index (κ3) is 3.43. The number of fused-ring (bicyclic) bond motifs is 1. The molecular weight excluding hydrogens is 346 g/mol. The molecule has 0 saturated carbocycles. The van der Waals surface area contributed by atoms with Crippen molar-refractivity contribution >= 4 is 17.7 Å². The Bertz CT molecular complexity index is 880. The molecule has 0 spiro atoms. The average molecular weight is 359 g/mol. The van der Waals surface area contributed by atoms with Crippen LogP contribution >= 0.6 is 11.8 Å². The van der Waals surface area contributed by atoms with Gasteiger partial charge in [-0.1, -0.05) is 11.8 Å². The lowest BCUT2D eigenvalue weighted by molar-refractivity contribution is -0.118. The van der Waals surface area contributed by atoms with Crippen molar-refractivity contribution in [1.82, 2.24) is 25.5 Å². The molecule has 1 aromatic carbocycles. The summed E-state index contributed by atoms with van der Waals surface area (Å²) >= 11 is 1.24. The largest absolute Gasteiger partial charge is 0.467 e. The van der Waals surface area contributed by atoms with Crippen LogP contribution in [0.3, 0.4) is 0 Å². The highest BCUT2D eigenvalue weighted by molar-refractivity contribution is 7.99. The maximum atomic E-state index is 11.9. The number of thioether (sulfide) groups is 1. The maximum Gasteiger partial charge on any atom is 0.231 e. The first kappa shape index (κ1) is 15.5. The zero-order valence-corrected chi connectivity index (χ0v) is 13.7. The van der Waals surface area contributed by atoms with Gasteiger partial charge in [-0.25, -0.2) is 0 Å². The zero-order valence-electron chi connectivity index (χ0n) is 12.9. The van der Waals surface area contributed by atoms with Gasteiger partial charge < -0.3 is 19.2 Å². The smallest absolute Gasteiger partial charge is 0.231 e. The number of hydrogen-bond acceptors (Lipinski definition) is 8. The summed E-state index contributed by atoms with van der Waals surface area (Å²) in [5.41, 5.74) is 0.729. The number of tetrazole rings is 1. The predicted molar refractivity (Wildman–Crippen MR) is 86.6 cm³/mol. The van der Waals surface area contributed by atoms with Gasteiger partial charge in [-0.2, -0.15) is 4.68 Å².